The molecule has 0 fully saturated rings. The summed E-state index contributed by atoms with van der Waals surface area (Å²) in [4.78, 5) is 16.6. The predicted molar refractivity (Wildman–Crippen MR) is 102 cm³/mol. The van der Waals surface area contributed by atoms with E-state index in [4.69, 9.17) is 23.2 Å². The van der Waals surface area contributed by atoms with Crippen LogP contribution in [0.1, 0.15) is 6.92 Å². The van der Waals surface area contributed by atoms with Gasteiger partial charge in [-0.2, -0.15) is 0 Å². The van der Waals surface area contributed by atoms with Gasteiger partial charge in [-0.15, -0.1) is 5.10 Å². The number of anilines is 1. The first-order valence-corrected chi connectivity index (χ1v) is 9.17. The number of H-pyrrole nitrogens is 1. The van der Waals surface area contributed by atoms with Crippen LogP contribution in [0.15, 0.2) is 47.6 Å². The Bertz CT molecular complexity index is 950. The largest absolute Gasteiger partial charge is 0.324 e. The Morgan fingerprint density at radius 2 is 2.04 bits per heavy atom. The number of aromatic amines is 1. The van der Waals surface area contributed by atoms with E-state index >= 15 is 0 Å². The van der Waals surface area contributed by atoms with Crippen molar-refractivity contribution in [3.8, 4) is 11.4 Å². The molecule has 26 heavy (non-hydrogen) atoms. The van der Waals surface area contributed by atoms with E-state index < -0.39 is 11.1 Å². The van der Waals surface area contributed by atoms with Crippen LogP contribution in [0, 0.1) is 5.82 Å². The first-order valence-electron chi connectivity index (χ1n) is 7.54. The third kappa shape index (κ3) is 4.35. The van der Waals surface area contributed by atoms with Crippen LogP contribution in [-0.2, 0) is 4.79 Å². The van der Waals surface area contributed by atoms with Gasteiger partial charge in [0.15, 0.2) is 5.82 Å². The molecule has 1 aromatic heterocycles. The molecule has 0 radical (unpaired) electrons. The molecule has 0 aliphatic carbocycles. The summed E-state index contributed by atoms with van der Waals surface area (Å²) in [6.07, 6.45) is 0. The number of rotatable bonds is 5. The number of carbonyl (C=O) groups is 1. The van der Waals surface area contributed by atoms with Crippen LogP contribution < -0.4 is 5.32 Å². The SMILES string of the molecule is C[C@H](Sc1n[nH]c(-c2ccccc2F)n1)C(=O)Nc1cc(Cl)ccc1Cl. The molecule has 2 aromatic carbocycles. The van der Waals surface area contributed by atoms with Crippen LogP contribution in [0.25, 0.3) is 11.4 Å². The average molecular weight is 411 g/mol. The summed E-state index contributed by atoms with van der Waals surface area (Å²) in [5.41, 5.74) is 0.744. The number of halogens is 3. The van der Waals surface area contributed by atoms with E-state index in [1.165, 1.54) is 6.07 Å². The molecule has 1 heterocycles. The molecule has 2 N–H and O–H groups in total. The number of benzene rings is 2. The normalized spacial score (nSPS) is 12.0. The van der Waals surface area contributed by atoms with Crippen molar-refractivity contribution in [1.29, 1.82) is 0 Å². The Balaban J connectivity index is 1.68. The number of nitrogens with one attached hydrogen (secondary N) is 2. The highest BCUT2D eigenvalue weighted by Crippen LogP contribution is 2.28. The second-order valence-corrected chi connectivity index (χ2v) is 7.47. The Kier molecular flexibility index (Phi) is 5.80. The Morgan fingerprint density at radius 1 is 1.27 bits per heavy atom. The molecule has 134 valence electrons. The fourth-order valence-corrected chi connectivity index (χ4v) is 3.17. The minimum Gasteiger partial charge on any atom is -0.324 e. The van der Waals surface area contributed by atoms with E-state index in [2.05, 4.69) is 20.5 Å². The van der Waals surface area contributed by atoms with E-state index in [0.29, 0.717) is 32.3 Å². The molecule has 0 unspecified atom stereocenters. The maximum absolute atomic E-state index is 13.8. The number of nitrogens with zero attached hydrogens (tertiary/aromatic N) is 2. The fourth-order valence-electron chi connectivity index (χ4n) is 2.11. The van der Waals surface area contributed by atoms with Crippen molar-refractivity contribution in [1.82, 2.24) is 15.2 Å². The highest BCUT2D eigenvalue weighted by atomic mass is 35.5. The van der Waals surface area contributed by atoms with Crippen molar-refractivity contribution < 1.29 is 9.18 Å². The fraction of sp³-hybridized carbons (Fsp3) is 0.118. The van der Waals surface area contributed by atoms with Crippen LogP contribution in [0.4, 0.5) is 10.1 Å². The molecule has 0 saturated heterocycles. The molecule has 0 bridgehead atoms. The maximum Gasteiger partial charge on any atom is 0.237 e. The molecule has 1 atom stereocenters. The van der Waals surface area contributed by atoms with Crippen molar-refractivity contribution in [3.63, 3.8) is 0 Å². The first kappa shape index (κ1) is 18.7. The van der Waals surface area contributed by atoms with Gasteiger partial charge in [0.1, 0.15) is 5.82 Å². The van der Waals surface area contributed by atoms with Gasteiger partial charge in [-0.05, 0) is 37.3 Å². The minimum absolute atomic E-state index is 0.281. The van der Waals surface area contributed by atoms with Gasteiger partial charge in [-0.25, -0.2) is 9.37 Å². The van der Waals surface area contributed by atoms with Gasteiger partial charge in [0.05, 0.1) is 21.5 Å². The first-order chi connectivity index (χ1) is 12.4. The van der Waals surface area contributed by atoms with E-state index in [1.807, 2.05) is 0 Å². The van der Waals surface area contributed by atoms with Crippen LogP contribution in [-0.4, -0.2) is 26.3 Å². The van der Waals surface area contributed by atoms with E-state index in [-0.39, 0.29) is 5.91 Å². The van der Waals surface area contributed by atoms with Gasteiger partial charge in [-0.1, -0.05) is 47.1 Å². The predicted octanol–water partition coefficient (Wildman–Crippen LogP) is 5.04. The molecule has 5 nitrogen and oxygen atoms in total. The summed E-state index contributed by atoms with van der Waals surface area (Å²) in [5.74, 6) is -0.380. The summed E-state index contributed by atoms with van der Waals surface area (Å²) in [7, 11) is 0. The lowest BCUT2D eigenvalue weighted by molar-refractivity contribution is -0.115. The van der Waals surface area contributed by atoms with Crippen LogP contribution in [0.5, 0.6) is 0 Å². The highest BCUT2D eigenvalue weighted by Gasteiger charge is 2.19. The smallest absolute Gasteiger partial charge is 0.237 e. The Morgan fingerprint density at radius 3 is 2.81 bits per heavy atom. The summed E-state index contributed by atoms with van der Waals surface area (Å²) in [6, 6.07) is 11.1. The van der Waals surface area contributed by atoms with Crippen molar-refractivity contribution >= 4 is 46.6 Å². The quantitative estimate of drug-likeness (QED) is 0.578. The standard InChI is InChI=1S/C17H13Cl2FN4OS/c1-9(16(25)21-14-8-10(18)6-7-12(14)19)26-17-22-15(23-24-17)11-4-2-3-5-13(11)20/h2-9H,1H3,(H,21,25)(H,22,23,24)/t9-/m0/s1. The van der Waals surface area contributed by atoms with Crippen molar-refractivity contribution in [2.45, 2.75) is 17.3 Å². The zero-order valence-corrected chi connectivity index (χ0v) is 15.8. The molecule has 1 amide bonds. The molecular weight excluding hydrogens is 398 g/mol. The van der Waals surface area contributed by atoms with Gasteiger partial charge in [0, 0.05) is 5.02 Å². The van der Waals surface area contributed by atoms with Crippen LogP contribution in [0.2, 0.25) is 10.0 Å². The maximum atomic E-state index is 13.8. The molecule has 0 saturated carbocycles. The third-order valence-corrected chi connectivity index (χ3v) is 4.96. The van der Waals surface area contributed by atoms with Crippen LogP contribution in [0.3, 0.4) is 0 Å². The van der Waals surface area contributed by atoms with Gasteiger partial charge < -0.3 is 5.32 Å². The van der Waals surface area contributed by atoms with Gasteiger partial charge >= 0.3 is 0 Å². The van der Waals surface area contributed by atoms with Gasteiger partial charge in [-0.3, -0.25) is 9.89 Å². The number of carbonyl (C=O) groups excluding carboxylic acids is 1. The number of hydrogen-bond acceptors (Lipinski definition) is 4. The number of thioether (sulfide) groups is 1. The minimum atomic E-state index is -0.505. The lowest BCUT2D eigenvalue weighted by Crippen LogP contribution is -2.22. The second-order valence-electron chi connectivity index (χ2n) is 5.32. The summed E-state index contributed by atoms with van der Waals surface area (Å²) in [6.45, 7) is 1.71. The summed E-state index contributed by atoms with van der Waals surface area (Å²) in [5, 5.41) is 10.1. The lowest BCUT2D eigenvalue weighted by atomic mass is 10.2. The second kappa shape index (κ2) is 8.07. The van der Waals surface area contributed by atoms with Gasteiger partial charge in [0.2, 0.25) is 11.1 Å². The molecule has 9 heteroatoms. The van der Waals surface area contributed by atoms with E-state index in [9.17, 15) is 9.18 Å². The van der Waals surface area contributed by atoms with Crippen LogP contribution >= 0.6 is 35.0 Å². The average Bonchev–Trinajstić information content (AvgIpc) is 3.06. The van der Waals surface area contributed by atoms with Crippen molar-refractivity contribution in [2.75, 3.05) is 5.32 Å². The topological polar surface area (TPSA) is 70.7 Å². The van der Waals surface area contributed by atoms with E-state index in [1.54, 1.807) is 43.3 Å². The molecule has 0 spiro atoms. The number of hydrogen-bond donors (Lipinski definition) is 2. The van der Waals surface area contributed by atoms with E-state index in [0.717, 1.165) is 11.8 Å². The zero-order chi connectivity index (χ0) is 18.7. The summed E-state index contributed by atoms with van der Waals surface area (Å²) < 4.78 is 13.8. The molecule has 3 rings (SSSR count). The highest BCUT2D eigenvalue weighted by molar-refractivity contribution is 8.00. The third-order valence-electron chi connectivity index (χ3n) is 3.43. The monoisotopic (exact) mass is 410 g/mol. The molecule has 3 aromatic rings. The Labute approximate surface area is 163 Å². The lowest BCUT2D eigenvalue weighted by Gasteiger charge is -2.11. The molecule has 0 aliphatic rings. The summed E-state index contributed by atoms with van der Waals surface area (Å²) >= 11 is 13.1. The number of amides is 1. The zero-order valence-electron chi connectivity index (χ0n) is 13.5. The molecular formula is C17H13Cl2FN4OS. The molecule has 0 aliphatic heterocycles. The Hall–Kier alpha value is -2.09. The van der Waals surface area contributed by atoms with Crippen molar-refractivity contribution in [3.05, 3.63) is 58.3 Å². The number of aromatic nitrogens is 3. The van der Waals surface area contributed by atoms with Crippen molar-refractivity contribution in [2.24, 2.45) is 0 Å². The van der Waals surface area contributed by atoms with Gasteiger partial charge in [0.25, 0.3) is 0 Å².